The Morgan fingerprint density at radius 3 is 2.82 bits per heavy atom. The Morgan fingerprint density at radius 2 is 2.09 bits per heavy atom. The molecule has 1 saturated heterocycles. The van der Waals surface area contributed by atoms with Crippen molar-refractivity contribution in [3.05, 3.63) is 29.3 Å². The zero-order valence-corrected chi connectivity index (χ0v) is 12.8. The highest BCUT2D eigenvalue weighted by Crippen LogP contribution is 2.25. The number of hydrogen-bond acceptors (Lipinski definition) is 3. The Balaban J connectivity index is 1.61. The normalized spacial score (nSPS) is 21.5. The molecular weight excluding hydrogens is 280 g/mol. The van der Waals surface area contributed by atoms with Crippen LogP contribution in [0.5, 0.6) is 0 Å². The van der Waals surface area contributed by atoms with E-state index in [2.05, 4.69) is 5.32 Å². The lowest BCUT2D eigenvalue weighted by Crippen LogP contribution is -2.38. The monoisotopic (exact) mass is 302 g/mol. The van der Waals surface area contributed by atoms with Gasteiger partial charge in [0.1, 0.15) is 0 Å². The van der Waals surface area contributed by atoms with E-state index in [1.54, 1.807) is 6.92 Å². The Morgan fingerprint density at radius 1 is 1.32 bits per heavy atom. The highest BCUT2D eigenvalue weighted by molar-refractivity contribution is 6.39. The average molecular weight is 302 g/mol. The number of aliphatic hydroxyl groups excluding tert-OH is 1. The number of benzene rings is 1. The summed E-state index contributed by atoms with van der Waals surface area (Å²) in [6.07, 6.45) is 3.58. The molecule has 1 aromatic carbocycles. The van der Waals surface area contributed by atoms with Crippen molar-refractivity contribution in [2.75, 3.05) is 18.4 Å². The first-order valence-electron chi connectivity index (χ1n) is 7.94. The highest BCUT2D eigenvalue weighted by atomic mass is 16.3. The second-order valence-corrected chi connectivity index (χ2v) is 6.33. The molecule has 118 valence electrons. The minimum Gasteiger partial charge on any atom is -0.393 e. The van der Waals surface area contributed by atoms with Crippen LogP contribution < -0.4 is 5.32 Å². The first kappa shape index (κ1) is 15.0. The van der Waals surface area contributed by atoms with Gasteiger partial charge in [-0.2, -0.15) is 0 Å². The maximum Gasteiger partial charge on any atom is 0.313 e. The van der Waals surface area contributed by atoms with Crippen LogP contribution in [0.4, 0.5) is 5.69 Å². The Bertz CT molecular complexity index is 598. The third kappa shape index (κ3) is 2.99. The number of fused-ring (bicyclic) bond motifs is 1. The summed E-state index contributed by atoms with van der Waals surface area (Å²) < 4.78 is 0. The van der Waals surface area contributed by atoms with E-state index in [4.69, 9.17) is 0 Å². The van der Waals surface area contributed by atoms with Crippen molar-refractivity contribution in [2.45, 2.75) is 38.7 Å². The van der Waals surface area contributed by atoms with E-state index in [-0.39, 0.29) is 5.92 Å². The number of likely N-dealkylation sites (tertiary alicyclic amines) is 1. The maximum absolute atomic E-state index is 12.2. The second kappa shape index (κ2) is 6.08. The molecule has 2 atom stereocenters. The quantitative estimate of drug-likeness (QED) is 0.810. The molecule has 2 amide bonds. The van der Waals surface area contributed by atoms with Gasteiger partial charge in [-0.1, -0.05) is 6.07 Å². The van der Waals surface area contributed by atoms with Gasteiger partial charge in [-0.25, -0.2) is 0 Å². The largest absolute Gasteiger partial charge is 0.393 e. The number of hydrogen-bond donors (Lipinski definition) is 2. The number of carbonyl (C=O) groups is 2. The standard InChI is InChI=1S/C17H22N2O3/c1-11(20)14-7-8-19(10-14)17(22)16(21)18-15-6-5-12-3-2-4-13(12)9-15/h5-6,9,11,14,20H,2-4,7-8,10H2,1H3,(H,18,21). The van der Waals surface area contributed by atoms with E-state index < -0.39 is 17.9 Å². The fraction of sp³-hybridized carbons (Fsp3) is 0.529. The molecule has 0 bridgehead atoms. The van der Waals surface area contributed by atoms with E-state index in [9.17, 15) is 14.7 Å². The first-order chi connectivity index (χ1) is 10.5. The molecule has 0 radical (unpaired) electrons. The van der Waals surface area contributed by atoms with Crippen LogP contribution in [0.3, 0.4) is 0 Å². The Hall–Kier alpha value is -1.88. The molecular formula is C17H22N2O3. The highest BCUT2D eigenvalue weighted by Gasteiger charge is 2.32. The van der Waals surface area contributed by atoms with Crippen molar-refractivity contribution in [1.29, 1.82) is 0 Å². The fourth-order valence-electron chi connectivity index (χ4n) is 3.34. The predicted molar refractivity (Wildman–Crippen MR) is 83.5 cm³/mol. The van der Waals surface area contributed by atoms with Crippen LogP contribution in [0.15, 0.2) is 18.2 Å². The molecule has 2 aliphatic rings. The topological polar surface area (TPSA) is 69.6 Å². The van der Waals surface area contributed by atoms with Gasteiger partial charge in [0.2, 0.25) is 0 Å². The zero-order chi connectivity index (χ0) is 15.7. The van der Waals surface area contributed by atoms with Gasteiger partial charge in [-0.05, 0) is 55.9 Å². The number of carbonyl (C=O) groups excluding carboxylic acids is 2. The summed E-state index contributed by atoms with van der Waals surface area (Å²) in [6.45, 7) is 2.71. The lowest BCUT2D eigenvalue weighted by Gasteiger charge is -2.17. The second-order valence-electron chi connectivity index (χ2n) is 6.33. The van der Waals surface area contributed by atoms with Crippen LogP contribution in [0.25, 0.3) is 0 Å². The van der Waals surface area contributed by atoms with Gasteiger partial charge in [0, 0.05) is 24.7 Å². The van der Waals surface area contributed by atoms with Crippen molar-refractivity contribution in [3.63, 3.8) is 0 Å². The van der Waals surface area contributed by atoms with E-state index >= 15 is 0 Å². The molecule has 2 N–H and O–H groups in total. The number of rotatable bonds is 2. The minimum atomic E-state index is -0.593. The predicted octanol–water partition coefficient (Wildman–Crippen LogP) is 1.34. The van der Waals surface area contributed by atoms with Crippen LogP contribution in [0, 0.1) is 5.92 Å². The van der Waals surface area contributed by atoms with Gasteiger partial charge >= 0.3 is 11.8 Å². The summed E-state index contributed by atoms with van der Waals surface area (Å²) in [7, 11) is 0. The Kier molecular flexibility index (Phi) is 4.16. The van der Waals surface area contributed by atoms with Gasteiger partial charge in [0.15, 0.2) is 0 Å². The molecule has 1 heterocycles. The molecule has 3 rings (SSSR count). The van der Waals surface area contributed by atoms with Crippen LogP contribution in [0.2, 0.25) is 0 Å². The third-order valence-corrected chi connectivity index (χ3v) is 4.74. The molecule has 0 spiro atoms. The summed E-state index contributed by atoms with van der Waals surface area (Å²) in [5.74, 6) is -1.04. The van der Waals surface area contributed by atoms with Crippen molar-refractivity contribution in [3.8, 4) is 0 Å². The number of aryl methyl sites for hydroxylation is 2. The maximum atomic E-state index is 12.2. The number of nitrogens with zero attached hydrogens (tertiary/aromatic N) is 1. The van der Waals surface area contributed by atoms with E-state index in [0.717, 1.165) is 25.7 Å². The summed E-state index contributed by atoms with van der Waals surface area (Å²) in [6, 6.07) is 5.86. The summed E-state index contributed by atoms with van der Waals surface area (Å²) in [5, 5.41) is 12.3. The molecule has 0 saturated carbocycles. The first-order valence-corrected chi connectivity index (χ1v) is 7.94. The number of anilines is 1. The number of amides is 2. The molecule has 5 heteroatoms. The van der Waals surface area contributed by atoms with E-state index in [0.29, 0.717) is 18.8 Å². The fourth-order valence-corrected chi connectivity index (χ4v) is 3.34. The van der Waals surface area contributed by atoms with Gasteiger partial charge in [0.25, 0.3) is 0 Å². The van der Waals surface area contributed by atoms with Gasteiger partial charge in [-0.3, -0.25) is 9.59 Å². The summed E-state index contributed by atoms with van der Waals surface area (Å²) >= 11 is 0. The van der Waals surface area contributed by atoms with Gasteiger partial charge in [-0.15, -0.1) is 0 Å². The SMILES string of the molecule is CC(O)C1CCN(C(=O)C(=O)Nc2ccc3c(c2)CCC3)C1. The molecule has 1 aromatic rings. The van der Waals surface area contributed by atoms with Crippen molar-refractivity contribution in [1.82, 2.24) is 4.90 Å². The molecule has 1 aliphatic carbocycles. The van der Waals surface area contributed by atoms with Crippen molar-refractivity contribution in [2.24, 2.45) is 5.92 Å². The molecule has 0 aromatic heterocycles. The lowest BCUT2D eigenvalue weighted by molar-refractivity contribution is -0.142. The van der Waals surface area contributed by atoms with Crippen LogP contribution >= 0.6 is 0 Å². The smallest absolute Gasteiger partial charge is 0.313 e. The number of nitrogens with one attached hydrogen (secondary N) is 1. The van der Waals surface area contributed by atoms with Gasteiger partial charge in [0.05, 0.1) is 6.10 Å². The van der Waals surface area contributed by atoms with Crippen molar-refractivity contribution < 1.29 is 14.7 Å². The van der Waals surface area contributed by atoms with Gasteiger partial charge < -0.3 is 15.3 Å². The minimum absolute atomic E-state index is 0.0664. The molecule has 2 unspecified atom stereocenters. The van der Waals surface area contributed by atoms with E-state index in [1.807, 2.05) is 18.2 Å². The summed E-state index contributed by atoms with van der Waals surface area (Å²) in [5.41, 5.74) is 3.29. The molecule has 1 fully saturated rings. The van der Waals surface area contributed by atoms with Crippen LogP contribution in [0.1, 0.15) is 30.9 Å². The Labute approximate surface area is 130 Å². The summed E-state index contributed by atoms with van der Waals surface area (Å²) in [4.78, 5) is 25.8. The lowest BCUT2D eigenvalue weighted by atomic mass is 10.0. The molecule has 5 nitrogen and oxygen atoms in total. The third-order valence-electron chi connectivity index (χ3n) is 4.74. The van der Waals surface area contributed by atoms with Crippen LogP contribution in [-0.4, -0.2) is 41.0 Å². The van der Waals surface area contributed by atoms with Crippen molar-refractivity contribution >= 4 is 17.5 Å². The molecule has 1 aliphatic heterocycles. The molecule has 22 heavy (non-hydrogen) atoms. The van der Waals surface area contributed by atoms with Crippen LogP contribution in [-0.2, 0) is 22.4 Å². The zero-order valence-electron chi connectivity index (χ0n) is 12.8. The number of aliphatic hydroxyl groups is 1. The van der Waals surface area contributed by atoms with E-state index in [1.165, 1.54) is 16.0 Å². The average Bonchev–Trinajstić information content (AvgIpc) is 3.15.